The third kappa shape index (κ3) is 3.78. The quantitative estimate of drug-likeness (QED) is 0.918. The molecule has 0 bridgehead atoms. The number of hydrogen-bond donors (Lipinski definition) is 1. The van der Waals surface area contributed by atoms with Crippen molar-refractivity contribution in [2.24, 2.45) is 5.92 Å². The Labute approximate surface area is 142 Å². The number of amides is 1. The maximum absolute atomic E-state index is 14.0. The Morgan fingerprint density at radius 2 is 2.04 bits per heavy atom. The first-order valence-corrected chi connectivity index (χ1v) is 8.06. The Morgan fingerprint density at radius 1 is 1.30 bits per heavy atom. The van der Waals surface area contributed by atoms with Gasteiger partial charge in [0.2, 0.25) is 0 Å². The molecule has 1 atom stereocenters. The molecule has 0 saturated carbocycles. The number of benzene rings is 1. The molecule has 3 rings (SSSR count). The van der Waals surface area contributed by atoms with Crippen LogP contribution in [0.1, 0.15) is 36.0 Å². The largest absolute Gasteiger partial charge is 0.496 e. The molecule has 1 aromatic carbocycles. The van der Waals surface area contributed by atoms with Crippen LogP contribution in [0, 0.1) is 11.7 Å². The zero-order chi connectivity index (χ0) is 15.5. The minimum Gasteiger partial charge on any atom is -0.496 e. The highest BCUT2D eigenvalue weighted by atomic mass is 35.5. The van der Waals surface area contributed by atoms with Gasteiger partial charge >= 0.3 is 0 Å². The van der Waals surface area contributed by atoms with Crippen molar-refractivity contribution in [3.63, 3.8) is 0 Å². The summed E-state index contributed by atoms with van der Waals surface area (Å²) in [5.74, 6) is 0.176. The van der Waals surface area contributed by atoms with Crippen LogP contribution in [0.25, 0.3) is 0 Å². The number of piperidine rings is 1. The van der Waals surface area contributed by atoms with Gasteiger partial charge < -0.3 is 15.0 Å². The lowest BCUT2D eigenvalue weighted by Crippen LogP contribution is -2.43. The SMILES string of the molecule is COc1cccc(F)c1C(=O)N1CCC(C2CCCN2)CC1.Cl. The maximum Gasteiger partial charge on any atom is 0.260 e. The number of nitrogens with zero attached hydrogens (tertiary/aromatic N) is 1. The van der Waals surface area contributed by atoms with Gasteiger partial charge in [0, 0.05) is 19.1 Å². The summed E-state index contributed by atoms with van der Waals surface area (Å²) in [6.07, 6.45) is 4.45. The summed E-state index contributed by atoms with van der Waals surface area (Å²) in [6, 6.07) is 5.10. The highest BCUT2D eigenvalue weighted by Crippen LogP contribution is 2.28. The van der Waals surface area contributed by atoms with E-state index in [4.69, 9.17) is 4.74 Å². The number of carbonyl (C=O) groups is 1. The van der Waals surface area contributed by atoms with Gasteiger partial charge in [0.25, 0.3) is 5.91 Å². The van der Waals surface area contributed by atoms with E-state index in [0.717, 1.165) is 19.4 Å². The Balaban J connectivity index is 0.00000192. The predicted molar refractivity (Wildman–Crippen MR) is 89.9 cm³/mol. The van der Waals surface area contributed by atoms with Crippen LogP contribution in [-0.2, 0) is 0 Å². The molecular formula is C17H24ClFN2O2. The van der Waals surface area contributed by atoms with Crippen LogP contribution in [0.2, 0.25) is 0 Å². The zero-order valence-corrected chi connectivity index (χ0v) is 14.2. The third-order valence-corrected chi connectivity index (χ3v) is 4.90. The summed E-state index contributed by atoms with van der Waals surface area (Å²) in [4.78, 5) is 14.4. The number of likely N-dealkylation sites (tertiary alicyclic amines) is 1. The van der Waals surface area contributed by atoms with Gasteiger partial charge in [-0.05, 0) is 50.3 Å². The van der Waals surface area contributed by atoms with Gasteiger partial charge in [0.15, 0.2) is 0 Å². The lowest BCUT2D eigenvalue weighted by molar-refractivity contribution is 0.0666. The molecule has 2 aliphatic rings. The third-order valence-electron chi connectivity index (χ3n) is 4.90. The van der Waals surface area contributed by atoms with Gasteiger partial charge in [0.1, 0.15) is 17.1 Å². The molecule has 6 heteroatoms. The molecule has 1 unspecified atom stereocenters. The molecule has 2 aliphatic heterocycles. The number of halogens is 2. The standard InChI is InChI=1S/C17H23FN2O2.ClH/c1-22-15-6-2-4-13(18)16(15)17(21)20-10-7-12(8-11-20)14-5-3-9-19-14;/h2,4,6,12,14,19H,3,5,7-11H2,1H3;1H. The van der Waals surface area contributed by atoms with Crippen molar-refractivity contribution in [2.45, 2.75) is 31.7 Å². The minimum absolute atomic E-state index is 0. The molecule has 2 heterocycles. The first-order valence-electron chi connectivity index (χ1n) is 8.06. The number of rotatable bonds is 3. The first kappa shape index (κ1) is 18.0. The van der Waals surface area contributed by atoms with Crippen molar-refractivity contribution in [1.82, 2.24) is 10.2 Å². The molecule has 0 radical (unpaired) electrons. The van der Waals surface area contributed by atoms with E-state index in [1.165, 1.54) is 26.0 Å². The van der Waals surface area contributed by atoms with Gasteiger partial charge in [-0.1, -0.05) is 6.07 Å². The average molecular weight is 343 g/mol. The highest BCUT2D eigenvalue weighted by Gasteiger charge is 2.31. The second-order valence-electron chi connectivity index (χ2n) is 6.15. The summed E-state index contributed by atoms with van der Waals surface area (Å²) < 4.78 is 19.2. The molecule has 0 aromatic heterocycles. The van der Waals surface area contributed by atoms with Crippen LogP contribution in [0.4, 0.5) is 4.39 Å². The van der Waals surface area contributed by atoms with E-state index in [0.29, 0.717) is 30.8 Å². The fraction of sp³-hybridized carbons (Fsp3) is 0.588. The van der Waals surface area contributed by atoms with Crippen LogP contribution < -0.4 is 10.1 Å². The van der Waals surface area contributed by atoms with Crippen molar-refractivity contribution in [3.05, 3.63) is 29.6 Å². The van der Waals surface area contributed by atoms with Crippen molar-refractivity contribution in [1.29, 1.82) is 0 Å². The van der Waals surface area contributed by atoms with E-state index in [-0.39, 0.29) is 23.9 Å². The summed E-state index contributed by atoms with van der Waals surface area (Å²) in [5.41, 5.74) is 0.0578. The minimum atomic E-state index is -0.510. The van der Waals surface area contributed by atoms with Crippen molar-refractivity contribution in [3.8, 4) is 5.75 Å². The fourth-order valence-electron chi connectivity index (χ4n) is 3.66. The van der Waals surface area contributed by atoms with Crippen molar-refractivity contribution < 1.29 is 13.9 Å². The fourth-order valence-corrected chi connectivity index (χ4v) is 3.66. The lowest BCUT2D eigenvalue weighted by atomic mass is 9.88. The first-order chi connectivity index (χ1) is 10.7. The van der Waals surface area contributed by atoms with Gasteiger partial charge in [-0.3, -0.25) is 4.79 Å². The Hall–Kier alpha value is -1.33. The monoisotopic (exact) mass is 342 g/mol. The topological polar surface area (TPSA) is 41.6 Å². The molecule has 1 amide bonds. The molecule has 0 aliphatic carbocycles. The zero-order valence-electron chi connectivity index (χ0n) is 13.4. The van der Waals surface area contributed by atoms with Crippen LogP contribution in [-0.4, -0.2) is 43.6 Å². The predicted octanol–water partition coefficient (Wildman–Crippen LogP) is 2.86. The van der Waals surface area contributed by atoms with Crippen LogP contribution in [0.15, 0.2) is 18.2 Å². The Kier molecular flexibility index (Phi) is 6.25. The van der Waals surface area contributed by atoms with E-state index < -0.39 is 5.82 Å². The van der Waals surface area contributed by atoms with E-state index in [1.807, 2.05) is 0 Å². The number of methoxy groups -OCH3 is 1. The molecule has 128 valence electrons. The highest BCUT2D eigenvalue weighted by molar-refractivity contribution is 5.97. The van der Waals surface area contributed by atoms with E-state index in [9.17, 15) is 9.18 Å². The molecule has 1 N–H and O–H groups in total. The lowest BCUT2D eigenvalue weighted by Gasteiger charge is -2.35. The van der Waals surface area contributed by atoms with E-state index >= 15 is 0 Å². The van der Waals surface area contributed by atoms with Gasteiger partial charge in [-0.15, -0.1) is 12.4 Å². The van der Waals surface area contributed by atoms with Gasteiger partial charge in [-0.2, -0.15) is 0 Å². The van der Waals surface area contributed by atoms with Crippen molar-refractivity contribution in [2.75, 3.05) is 26.7 Å². The summed E-state index contributed by atoms with van der Waals surface area (Å²) in [6.45, 7) is 2.49. The second kappa shape index (κ2) is 7.97. The molecule has 4 nitrogen and oxygen atoms in total. The van der Waals surface area contributed by atoms with Gasteiger partial charge in [0.05, 0.1) is 7.11 Å². The van der Waals surface area contributed by atoms with Crippen LogP contribution in [0.5, 0.6) is 5.75 Å². The molecule has 2 saturated heterocycles. The molecule has 0 spiro atoms. The Bertz CT molecular complexity index is 541. The maximum atomic E-state index is 14.0. The molecule has 1 aromatic rings. The normalized spacial score (nSPS) is 21.8. The van der Waals surface area contributed by atoms with Crippen molar-refractivity contribution >= 4 is 18.3 Å². The number of carbonyl (C=O) groups excluding carboxylic acids is 1. The second-order valence-corrected chi connectivity index (χ2v) is 6.15. The van der Waals surface area contributed by atoms with Crippen LogP contribution in [0.3, 0.4) is 0 Å². The summed E-state index contributed by atoms with van der Waals surface area (Å²) in [5, 5.41) is 3.55. The molecule has 2 fully saturated rings. The van der Waals surface area contributed by atoms with E-state index in [1.54, 1.807) is 17.0 Å². The Morgan fingerprint density at radius 3 is 2.65 bits per heavy atom. The average Bonchev–Trinajstić information content (AvgIpc) is 3.08. The number of hydrogen-bond acceptors (Lipinski definition) is 3. The number of nitrogens with one attached hydrogen (secondary N) is 1. The molecular weight excluding hydrogens is 319 g/mol. The smallest absolute Gasteiger partial charge is 0.260 e. The van der Waals surface area contributed by atoms with Gasteiger partial charge in [-0.25, -0.2) is 4.39 Å². The molecule has 23 heavy (non-hydrogen) atoms. The van der Waals surface area contributed by atoms with Crippen LogP contribution >= 0.6 is 12.4 Å². The number of ether oxygens (including phenoxy) is 1. The summed E-state index contributed by atoms with van der Waals surface area (Å²) in [7, 11) is 1.46. The van der Waals surface area contributed by atoms with E-state index in [2.05, 4.69) is 5.32 Å². The summed E-state index contributed by atoms with van der Waals surface area (Å²) >= 11 is 0.